The molecule has 3 N–H and O–H groups in total. The molecule has 0 saturated heterocycles. The van der Waals surface area contributed by atoms with Gasteiger partial charge in [-0.15, -0.1) is 0 Å². The van der Waals surface area contributed by atoms with Gasteiger partial charge in [-0.2, -0.15) is 4.98 Å². The van der Waals surface area contributed by atoms with Crippen molar-refractivity contribution >= 4 is 34.2 Å². The van der Waals surface area contributed by atoms with E-state index in [0.29, 0.717) is 34.8 Å². The molecule has 0 unspecified atom stereocenters. The Morgan fingerprint density at radius 3 is 2.14 bits per heavy atom. The van der Waals surface area contributed by atoms with Crippen molar-refractivity contribution in [3.05, 3.63) is 48.9 Å². The average Bonchev–Trinajstić information content (AvgIpc) is 3.21. The number of fused-ring (bicyclic) bond motifs is 1. The molecule has 0 saturated carbocycles. The summed E-state index contributed by atoms with van der Waals surface area (Å²) in [6.45, 7) is 0. The van der Waals surface area contributed by atoms with Crippen LogP contribution in [0.3, 0.4) is 0 Å². The number of methoxy groups -OCH3 is 3. The zero-order valence-corrected chi connectivity index (χ0v) is 16.2. The lowest BCUT2D eigenvalue weighted by Gasteiger charge is -2.14. The van der Waals surface area contributed by atoms with Crippen LogP contribution in [0.5, 0.6) is 17.2 Å². The molecule has 2 heterocycles. The third-order valence-corrected chi connectivity index (χ3v) is 4.30. The summed E-state index contributed by atoms with van der Waals surface area (Å²) < 4.78 is 16.1. The number of nitrogens with one attached hydrogen (secondary N) is 3. The minimum absolute atomic E-state index is 0.373. The van der Waals surface area contributed by atoms with Gasteiger partial charge in [0, 0.05) is 35.2 Å². The quantitative estimate of drug-likeness (QED) is 0.435. The first-order chi connectivity index (χ1) is 14.2. The molecular formula is C20H20N6O3. The minimum Gasteiger partial charge on any atom is -0.493 e. The van der Waals surface area contributed by atoms with E-state index in [0.717, 1.165) is 16.6 Å². The number of hydrogen-bond donors (Lipinski definition) is 3. The van der Waals surface area contributed by atoms with E-state index >= 15 is 0 Å². The summed E-state index contributed by atoms with van der Waals surface area (Å²) in [4.78, 5) is 16.0. The SMILES string of the molecule is COc1cc(Nc2ncnc(Nc3ccc4cc[nH]c4c3)n2)cc(OC)c1OC. The van der Waals surface area contributed by atoms with Crippen LogP contribution in [-0.4, -0.2) is 41.3 Å². The molecule has 0 aliphatic rings. The van der Waals surface area contributed by atoms with Crippen molar-refractivity contribution in [3.63, 3.8) is 0 Å². The van der Waals surface area contributed by atoms with Crippen LogP contribution < -0.4 is 24.8 Å². The second-order valence-electron chi connectivity index (χ2n) is 6.08. The largest absolute Gasteiger partial charge is 0.493 e. The number of hydrogen-bond acceptors (Lipinski definition) is 8. The van der Waals surface area contributed by atoms with E-state index in [-0.39, 0.29) is 0 Å². The van der Waals surface area contributed by atoms with E-state index in [4.69, 9.17) is 14.2 Å². The molecule has 9 heteroatoms. The summed E-state index contributed by atoms with van der Waals surface area (Å²) in [7, 11) is 4.68. The summed E-state index contributed by atoms with van der Waals surface area (Å²) in [6, 6.07) is 11.5. The second kappa shape index (κ2) is 7.93. The topological polar surface area (TPSA) is 106 Å². The van der Waals surface area contributed by atoms with Gasteiger partial charge in [0.2, 0.25) is 17.6 Å². The van der Waals surface area contributed by atoms with Crippen LogP contribution in [-0.2, 0) is 0 Å². The van der Waals surface area contributed by atoms with E-state index in [2.05, 4.69) is 30.6 Å². The molecule has 2 aromatic carbocycles. The second-order valence-corrected chi connectivity index (χ2v) is 6.08. The van der Waals surface area contributed by atoms with Crippen molar-refractivity contribution in [2.75, 3.05) is 32.0 Å². The molecule has 0 aliphatic carbocycles. The zero-order valence-electron chi connectivity index (χ0n) is 16.2. The third kappa shape index (κ3) is 3.84. The summed E-state index contributed by atoms with van der Waals surface area (Å²) in [5.41, 5.74) is 2.58. The van der Waals surface area contributed by atoms with Gasteiger partial charge < -0.3 is 29.8 Å². The molecule has 148 valence electrons. The van der Waals surface area contributed by atoms with Gasteiger partial charge >= 0.3 is 0 Å². The fraction of sp³-hybridized carbons (Fsp3) is 0.150. The van der Waals surface area contributed by atoms with Gasteiger partial charge in [0.1, 0.15) is 6.33 Å². The first-order valence-corrected chi connectivity index (χ1v) is 8.80. The van der Waals surface area contributed by atoms with Gasteiger partial charge in [-0.25, -0.2) is 9.97 Å². The number of benzene rings is 2. The molecule has 2 aromatic heterocycles. The van der Waals surface area contributed by atoms with Crippen molar-refractivity contribution in [2.45, 2.75) is 0 Å². The number of rotatable bonds is 7. The predicted molar refractivity (Wildman–Crippen MR) is 111 cm³/mol. The van der Waals surface area contributed by atoms with E-state index < -0.39 is 0 Å². The molecule has 0 atom stereocenters. The molecule has 0 fully saturated rings. The molecule has 0 amide bonds. The van der Waals surface area contributed by atoms with Crippen molar-refractivity contribution in [1.82, 2.24) is 19.9 Å². The predicted octanol–water partition coefficient (Wildman–Crippen LogP) is 3.87. The zero-order chi connectivity index (χ0) is 20.2. The molecular weight excluding hydrogens is 372 g/mol. The highest BCUT2D eigenvalue weighted by Gasteiger charge is 2.14. The van der Waals surface area contributed by atoms with Crippen LogP contribution in [0.4, 0.5) is 23.3 Å². The lowest BCUT2D eigenvalue weighted by atomic mass is 10.2. The fourth-order valence-corrected chi connectivity index (χ4v) is 2.95. The normalized spacial score (nSPS) is 10.6. The highest BCUT2D eigenvalue weighted by atomic mass is 16.5. The molecule has 4 rings (SSSR count). The Bertz CT molecular complexity index is 1120. The van der Waals surface area contributed by atoms with Gasteiger partial charge in [0.15, 0.2) is 11.5 Å². The highest BCUT2D eigenvalue weighted by molar-refractivity contribution is 5.83. The maximum absolute atomic E-state index is 5.37. The van der Waals surface area contributed by atoms with Gasteiger partial charge in [-0.3, -0.25) is 0 Å². The number of H-pyrrole nitrogens is 1. The Balaban J connectivity index is 1.57. The molecule has 29 heavy (non-hydrogen) atoms. The third-order valence-electron chi connectivity index (χ3n) is 4.30. The molecule has 0 radical (unpaired) electrons. The van der Waals surface area contributed by atoms with Crippen LogP contribution in [0.1, 0.15) is 0 Å². The van der Waals surface area contributed by atoms with Crippen molar-refractivity contribution < 1.29 is 14.2 Å². The Labute approximate surface area is 167 Å². The van der Waals surface area contributed by atoms with E-state index in [1.807, 2.05) is 30.5 Å². The smallest absolute Gasteiger partial charge is 0.232 e. The minimum atomic E-state index is 0.373. The summed E-state index contributed by atoms with van der Waals surface area (Å²) in [6.07, 6.45) is 3.33. The van der Waals surface area contributed by atoms with Crippen LogP contribution in [0, 0.1) is 0 Å². The monoisotopic (exact) mass is 392 g/mol. The van der Waals surface area contributed by atoms with Gasteiger partial charge in [-0.1, -0.05) is 6.07 Å². The molecule has 4 aromatic rings. The van der Waals surface area contributed by atoms with E-state index in [9.17, 15) is 0 Å². The Morgan fingerprint density at radius 2 is 1.48 bits per heavy atom. The van der Waals surface area contributed by atoms with Gasteiger partial charge in [0.05, 0.1) is 21.3 Å². The molecule has 0 aliphatic heterocycles. The Kier molecular flexibility index (Phi) is 5.02. The van der Waals surface area contributed by atoms with Crippen LogP contribution >= 0.6 is 0 Å². The van der Waals surface area contributed by atoms with Crippen LogP contribution in [0.25, 0.3) is 10.9 Å². The average molecular weight is 392 g/mol. The van der Waals surface area contributed by atoms with Crippen molar-refractivity contribution in [3.8, 4) is 17.2 Å². The number of ether oxygens (including phenoxy) is 3. The summed E-state index contributed by atoms with van der Waals surface area (Å²) in [5, 5.41) is 7.45. The number of aromatic amines is 1. The molecule has 0 bridgehead atoms. The van der Waals surface area contributed by atoms with E-state index in [1.54, 1.807) is 33.5 Å². The number of aromatic nitrogens is 4. The Morgan fingerprint density at radius 1 is 0.793 bits per heavy atom. The van der Waals surface area contributed by atoms with E-state index in [1.165, 1.54) is 6.33 Å². The maximum atomic E-state index is 5.37. The summed E-state index contributed by atoms with van der Waals surface area (Å²) in [5.74, 6) is 2.36. The van der Waals surface area contributed by atoms with Crippen molar-refractivity contribution in [1.29, 1.82) is 0 Å². The molecule has 9 nitrogen and oxygen atoms in total. The van der Waals surface area contributed by atoms with Gasteiger partial charge in [-0.05, 0) is 23.6 Å². The first kappa shape index (κ1) is 18.4. The van der Waals surface area contributed by atoms with Crippen LogP contribution in [0.15, 0.2) is 48.9 Å². The summed E-state index contributed by atoms with van der Waals surface area (Å²) >= 11 is 0. The standard InChI is InChI=1S/C20H20N6O3/c1-27-16-9-14(10-17(28-2)18(16)29-3)25-20-23-11-22-19(26-20)24-13-5-4-12-6-7-21-15(12)8-13/h4-11,21H,1-3H3,(H2,22,23,24,25,26). The maximum Gasteiger partial charge on any atom is 0.232 e. The molecule has 0 spiro atoms. The number of nitrogens with zero attached hydrogens (tertiary/aromatic N) is 3. The van der Waals surface area contributed by atoms with Gasteiger partial charge in [0.25, 0.3) is 0 Å². The highest BCUT2D eigenvalue weighted by Crippen LogP contribution is 2.40. The first-order valence-electron chi connectivity index (χ1n) is 8.80. The Hall–Kier alpha value is -4.01. The van der Waals surface area contributed by atoms with Crippen molar-refractivity contribution in [2.24, 2.45) is 0 Å². The fourth-order valence-electron chi connectivity index (χ4n) is 2.95. The number of anilines is 4. The lowest BCUT2D eigenvalue weighted by molar-refractivity contribution is 0.324. The lowest BCUT2D eigenvalue weighted by Crippen LogP contribution is -2.03. The van der Waals surface area contributed by atoms with Crippen LogP contribution in [0.2, 0.25) is 0 Å².